The molecular formula is C60H41N4PtSi-. The van der Waals surface area contributed by atoms with Gasteiger partial charge in [-0.05, 0) is 68.3 Å². The fourth-order valence-electron chi connectivity index (χ4n) is 9.89. The molecule has 66 heavy (non-hydrogen) atoms. The van der Waals surface area contributed by atoms with E-state index >= 15 is 0 Å². The number of para-hydroxylation sites is 4. The molecule has 0 fully saturated rings. The molecule has 0 amide bonds. The number of rotatable bonds is 9. The van der Waals surface area contributed by atoms with Crippen LogP contribution in [0.4, 0.5) is 0 Å². The van der Waals surface area contributed by atoms with Crippen LogP contribution in [0.5, 0.6) is 0 Å². The number of pyridine rings is 1. The number of fused-ring (bicyclic) bond motifs is 4. The van der Waals surface area contributed by atoms with Gasteiger partial charge >= 0.3 is 0 Å². The third-order valence-corrected chi connectivity index (χ3v) is 17.4. The molecule has 0 atom stereocenters. The van der Waals surface area contributed by atoms with E-state index in [-0.39, 0.29) is 21.1 Å². The van der Waals surface area contributed by atoms with Crippen LogP contribution < -0.4 is 20.7 Å². The van der Waals surface area contributed by atoms with E-state index < -0.39 is 8.07 Å². The smallest absolute Gasteiger partial charge is 0.168 e. The van der Waals surface area contributed by atoms with Crippen molar-refractivity contribution in [3.63, 3.8) is 0 Å². The number of benzene rings is 9. The third kappa shape index (κ3) is 6.87. The number of hydrogen-bond donors (Lipinski definition) is 0. The van der Waals surface area contributed by atoms with Crippen LogP contribution in [0.25, 0.3) is 72.3 Å². The molecule has 12 aromatic rings. The summed E-state index contributed by atoms with van der Waals surface area (Å²) in [5, 5.41) is 7.09. The van der Waals surface area contributed by atoms with Crippen LogP contribution in [0.15, 0.2) is 249 Å². The summed E-state index contributed by atoms with van der Waals surface area (Å²) in [5.74, 6) is 0.844. The molecule has 12 rings (SSSR count). The first-order chi connectivity index (χ1) is 32.3. The molecule has 0 bridgehead atoms. The first kappa shape index (κ1) is 41.0. The van der Waals surface area contributed by atoms with Crippen molar-refractivity contribution in [1.82, 2.24) is 18.7 Å². The van der Waals surface area contributed by atoms with E-state index in [9.17, 15) is 0 Å². The molecule has 4 nitrogen and oxygen atoms in total. The first-order valence-electron chi connectivity index (χ1n) is 22.0. The second-order valence-corrected chi connectivity index (χ2v) is 20.1. The molecule has 3 heterocycles. The minimum Gasteiger partial charge on any atom is -0.319 e. The summed E-state index contributed by atoms with van der Waals surface area (Å²) in [5.41, 5.74) is 11.0. The Morgan fingerprint density at radius 3 is 1.68 bits per heavy atom. The van der Waals surface area contributed by atoms with E-state index in [1.54, 1.807) is 0 Å². The van der Waals surface area contributed by atoms with E-state index in [1.807, 2.05) is 6.20 Å². The molecule has 0 aliphatic rings. The second-order valence-electron chi connectivity index (χ2n) is 16.4. The Hall–Kier alpha value is -7.69. The molecule has 0 spiro atoms. The van der Waals surface area contributed by atoms with Crippen LogP contribution in [-0.4, -0.2) is 26.8 Å². The fraction of sp³-hybridized carbons (Fsp3) is 0. The van der Waals surface area contributed by atoms with Crippen LogP contribution in [0.1, 0.15) is 0 Å². The van der Waals surface area contributed by atoms with Gasteiger partial charge in [-0.1, -0.05) is 169 Å². The summed E-state index contributed by atoms with van der Waals surface area (Å²) < 4.78 is 6.85. The van der Waals surface area contributed by atoms with Crippen LogP contribution in [-0.2, 0) is 21.1 Å². The van der Waals surface area contributed by atoms with Gasteiger partial charge in [0.25, 0.3) is 0 Å². The summed E-state index contributed by atoms with van der Waals surface area (Å²) in [4.78, 5) is 5.11. The quantitative estimate of drug-likeness (QED) is 0.0804. The molecule has 0 N–H and O–H groups in total. The molecular weight excluding hydrogens is 1000 g/mol. The van der Waals surface area contributed by atoms with E-state index in [0.29, 0.717) is 0 Å². The Kier molecular flexibility index (Phi) is 10.8. The average molecular weight is 1040 g/mol. The van der Waals surface area contributed by atoms with Gasteiger partial charge in [-0.3, -0.25) is 0 Å². The molecule has 3 aromatic heterocycles. The minimum absolute atomic E-state index is 0. The van der Waals surface area contributed by atoms with Crippen LogP contribution in [0, 0.1) is 12.1 Å². The van der Waals surface area contributed by atoms with Gasteiger partial charge in [-0.25, -0.2) is 9.55 Å². The number of nitrogens with zero attached hydrogens (tertiary/aromatic N) is 4. The van der Waals surface area contributed by atoms with Gasteiger partial charge in [-0.2, -0.15) is 45.3 Å². The summed E-state index contributed by atoms with van der Waals surface area (Å²) in [6.45, 7) is 0. The standard InChI is InChI=1S/C60H41N4Si.Pt/c1-5-20-44(21-6-1)52-30-13-14-31-53(52)45-38-39-61-60(40-45)64-56-33-16-15-32-54(56)55-37-36-51(42-59(55)64)65(48-25-9-3-10-26-48,49-27-11-4-12-28-49)50-29-19-24-47(41-50)63-43-62(46-22-7-2-8-23-46)57-34-17-18-35-58(57)63;/h1-40,43H;/q-1;. The van der Waals surface area contributed by atoms with Gasteiger partial charge in [0.05, 0.1) is 0 Å². The van der Waals surface area contributed by atoms with Gasteiger partial charge < -0.3 is 4.57 Å². The molecule has 9 aromatic carbocycles. The number of imidazole rings is 1. The Morgan fingerprint density at radius 1 is 0.424 bits per heavy atom. The van der Waals surface area contributed by atoms with E-state index in [4.69, 9.17) is 4.98 Å². The van der Waals surface area contributed by atoms with Crippen molar-refractivity contribution >= 4 is 61.7 Å². The minimum atomic E-state index is -3.15. The van der Waals surface area contributed by atoms with Crippen molar-refractivity contribution < 1.29 is 21.1 Å². The van der Waals surface area contributed by atoms with Gasteiger partial charge in [-0.15, -0.1) is 17.5 Å². The summed E-state index contributed by atoms with van der Waals surface area (Å²) in [6.07, 6.45) is 4.14. The zero-order valence-corrected chi connectivity index (χ0v) is 39.0. The Balaban J connectivity index is 0.00000481. The third-order valence-electron chi connectivity index (χ3n) is 12.8. The predicted molar refractivity (Wildman–Crippen MR) is 271 cm³/mol. The van der Waals surface area contributed by atoms with Crippen molar-refractivity contribution in [2.45, 2.75) is 0 Å². The van der Waals surface area contributed by atoms with Crippen molar-refractivity contribution in [1.29, 1.82) is 0 Å². The Labute approximate surface area is 399 Å². The van der Waals surface area contributed by atoms with Gasteiger partial charge in [0.15, 0.2) is 17.4 Å². The largest absolute Gasteiger partial charge is 0.319 e. The average Bonchev–Trinajstić information content (AvgIpc) is 3.94. The zero-order valence-electron chi connectivity index (χ0n) is 35.8. The molecule has 0 radical (unpaired) electrons. The van der Waals surface area contributed by atoms with Gasteiger partial charge in [0.1, 0.15) is 19.6 Å². The van der Waals surface area contributed by atoms with Crippen molar-refractivity contribution in [2.24, 2.45) is 0 Å². The molecule has 0 saturated carbocycles. The maximum atomic E-state index is 5.11. The normalized spacial score (nSPS) is 11.5. The van der Waals surface area contributed by atoms with Crippen LogP contribution in [0.3, 0.4) is 0 Å². The van der Waals surface area contributed by atoms with Crippen LogP contribution in [0.2, 0.25) is 0 Å². The second kappa shape index (κ2) is 17.4. The summed E-state index contributed by atoms with van der Waals surface area (Å²) in [7, 11) is -3.15. The van der Waals surface area contributed by atoms with E-state index in [2.05, 4.69) is 269 Å². The maximum absolute atomic E-state index is 5.11. The van der Waals surface area contributed by atoms with Crippen molar-refractivity contribution in [3.8, 4) is 39.4 Å². The molecule has 316 valence electrons. The Morgan fingerprint density at radius 2 is 0.985 bits per heavy atom. The van der Waals surface area contributed by atoms with Gasteiger partial charge in [0.2, 0.25) is 0 Å². The predicted octanol–water partition coefficient (Wildman–Crippen LogP) is 11.5. The molecule has 0 saturated heterocycles. The summed E-state index contributed by atoms with van der Waals surface area (Å²) in [6, 6.07) is 93.1. The van der Waals surface area contributed by atoms with Crippen LogP contribution >= 0.6 is 0 Å². The maximum Gasteiger partial charge on any atom is 0.168 e. The number of aromatic nitrogens is 4. The SMILES string of the molecule is [Pt].[c-]1c(-n2[cH+]n(-c3ccccc3)c3ccccc32)cccc1[Si](c1[c-]c2c(cc1)c1ccccc1n2-c1cc(-c2ccccc2-c2ccccc2)ccn1)(c1ccccc1)c1ccccc1. The number of hydrogen-bond acceptors (Lipinski definition) is 1. The van der Waals surface area contributed by atoms with Crippen molar-refractivity contribution in [2.75, 3.05) is 0 Å². The summed E-state index contributed by atoms with van der Waals surface area (Å²) >= 11 is 0. The van der Waals surface area contributed by atoms with E-state index in [0.717, 1.165) is 71.5 Å². The first-order valence-corrected chi connectivity index (χ1v) is 24.0. The molecule has 0 aliphatic heterocycles. The fourth-order valence-corrected chi connectivity index (χ4v) is 14.4. The monoisotopic (exact) mass is 1040 g/mol. The molecule has 6 heteroatoms. The zero-order chi connectivity index (χ0) is 43.2. The Bertz CT molecular complexity index is 3620. The molecule has 0 aliphatic carbocycles. The van der Waals surface area contributed by atoms with E-state index in [1.165, 1.54) is 21.5 Å². The van der Waals surface area contributed by atoms with Crippen molar-refractivity contribution in [3.05, 3.63) is 261 Å². The molecule has 0 unspecified atom stereocenters. The topological polar surface area (TPSA) is 27.7 Å². The van der Waals surface area contributed by atoms with Gasteiger partial charge in [0, 0.05) is 50.6 Å².